The highest BCUT2D eigenvalue weighted by Crippen LogP contribution is 2.24. The average molecular weight is 369 g/mol. The molecule has 0 saturated heterocycles. The largest absolute Gasteiger partial charge is 0.697 e. The van der Waals surface area contributed by atoms with Gasteiger partial charge in [0.2, 0.25) is 16.6 Å². The van der Waals surface area contributed by atoms with Gasteiger partial charge in [-0.2, -0.15) is 0 Å². The van der Waals surface area contributed by atoms with Crippen molar-refractivity contribution < 1.29 is 32.1 Å². The van der Waals surface area contributed by atoms with Gasteiger partial charge in [-0.1, -0.05) is 0 Å². The molecular formula is C12H26O7PSi2+. The summed E-state index contributed by atoms with van der Waals surface area (Å²) in [5.41, 5.74) is 0. The molecule has 0 aromatic heterocycles. The molecule has 0 spiro atoms. The number of hydrogen-bond donors (Lipinski definition) is 0. The molecule has 0 radical (unpaired) electrons. The third-order valence-electron chi connectivity index (χ3n) is 1.85. The van der Waals surface area contributed by atoms with Gasteiger partial charge in [-0.05, 0) is 39.3 Å². The molecule has 0 rings (SSSR count). The maximum atomic E-state index is 11.4. The van der Waals surface area contributed by atoms with Crippen LogP contribution < -0.4 is 0 Å². The fourth-order valence-corrected chi connectivity index (χ4v) is 3.35. The zero-order valence-corrected chi connectivity index (χ0v) is 17.0. The Morgan fingerprint density at radius 2 is 1.09 bits per heavy atom. The van der Waals surface area contributed by atoms with Crippen molar-refractivity contribution in [2.24, 2.45) is 0 Å². The van der Waals surface area contributed by atoms with Gasteiger partial charge in [-0.3, -0.25) is 9.59 Å². The molecule has 0 aromatic rings. The topological polar surface area (TPSA) is 88.1 Å². The summed E-state index contributed by atoms with van der Waals surface area (Å²) in [5.74, 6) is -0.748. The molecule has 0 aliphatic carbocycles. The Labute approximate surface area is 134 Å². The van der Waals surface area contributed by atoms with Crippen LogP contribution in [0.1, 0.15) is 12.8 Å². The quantitative estimate of drug-likeness (QED) is 0.431. The Kier molecular flexibility index (Phi) is 9.25. The minimum atomic E-state index is -2.35. The van der Waals surface area contributed by atoms with Crippen LogP contribution >= 0.6 is 8.25 Å². The lowest BCUT2D eigenvalue weighted by atomic mass is 10.5. The third kappa shape index (κ3) is 14.3. The van der Waals surface area contributed by atoms with Crippen molar-refractivity contribution in [2.45, 2.75) is 52.1 Å². The van der Waals surface area contributed by atoms with Crippen LogP contribution in [0.25, 0.3) is 0 Å². The SMILES string of the molecule is C[Si](C)(C)OC(=O)CCO[P+](=O)OCCC(=O)O[Si](C)(C)C. The van der Waals surface area contributed by atoms with E-state index in [4.69, 9.17) is 17.9 Å². The molecule has 0 N–H and O–H groups in total. The first-order valence-electron chi connectivity index (χ1n) is 7.06. The standard InChI is InChI=1S/C12H26O7PSi2/c1-21(2,3)18-11(13)7-9-16-20(15)17-10-8-12(14)19-22(4,5)6/h7-10H2,1-6H3/q+1. The second-order valence-electron chi connectivity index (χ2n) is 6.56. The second-order valence-corrected chi connectivity index (χ2v) is 16.4. The van der Waals surface area contributed by atoms with Crippen LogP contribution in [-0.4, -0.2) is 41.8 Å². The minimum Gasteiger partial charge on any atom is -0.520 e. The molecule has 0 unspecified atom stereocenters. The van der Waals surface area contributed by atoms with Gasteiger partial charge in [-0.15, -0.1) is 9.05 Å². The zero-order chi connectivity index (χ0) is 17.4. The van der Waals surface area contributed by atoms with Crippen molar-refractivity contribution in [2.75, 3.05) is 13.2 Å². The molecule has 7 nitrogen and oxygen atoms in total. The van der Waals surface area contributed by atoms with Crippen LogP contribution in [0.3, 0.4) is 0 Å². The summed E-state index contributed by atoms with van der Waals surface area (Å²) in [6.07, 6.45) is 0.0404. The van der Waals surface area contributed by atoms with E-state index in [1.807, 2.05) is 39.3 Å². The zero-order valence-electron chi connectivity index (χ0n) is 14.1. The molecule has 0 amide bonds. The normalized spacial score (nSPS) is 11.9. The van der Waals surface area contributed by atoms with Gasteiger partial charge >= 0.3 is 8.25 Å². The first-order chi connectivity index (χ1) is 9.89. The smallest absolute Gasteiger partial charge is 0.520 e. The highest BCUT2D eigenvalue weighted by Gasteiger charge is 2.25. The van der Waals surface area contributed by atoms with Crippen molar-refractivity contribution in [1.82, 2.24) is 0 Å². The van der Waals surface area contributed by atoms with Crippen LogP contribution in [-0.2, 0) is 32.1 Å². The lowest BCUT2D eigenvalue weighted by Gasteiger charge is -2.16. The highest BCUT2D eigenvalue weighted by atomic mass is 31.1. The van der Waals surface area contributed by atoms with E-state index in [0.29, 0.717) is 0 Å². The Hall–Kier alpha value is -0.606. The van der Waals surface area contributed by atoms with E-state index in [9.17, 15) is 14.2 Å². The summed E-state index contributed by atoms with van der Waals surface area (Å²) in [6, 6.07) is 0. The molecule has 10 heteroatoms. The van der Waals surface area contributed by atoms with Crippen molar-refractivity contribution >= 4 is 36.8 Å². The summed E-state index contributed by atoms with van der Waals surface area (Å²) < 4.78 is 31.5. The van der Waals surface area contributed by atoms with E-state index in [0.717, 1.165) is 0 Å². The van der Waals surface area contributed by atoms with Gasteiger partial charge in [0.05, 0.1) is 12.8 Å². The fourth-order valence-electron chi connectivity index (χ4n) is 1.23. The molecule has 0 heterocycles. The van der Waals surface area contributed by atoms with E-state index in [-0.39, 0.29) is 38.0 Å². The average Bonchev–Trinajstić information content (AvgIpc) is 2.23. The van der Waals surface area contributed by atoms with Crippen LogP contribution in [0.15, 0.2) is 0 Å². The predicted molar refractivity (Wildman–Crippen MR) is 87.6 cm³/mol. The van der Waals surface area contributed by atoms with Gasteiger partial charge in [0.1, 0.15) is 13.2 Å². The van der Waals surface area contributed by atoms with Crippen molar-refractivity contribution in [3.63, 3.8) is 0 Å². The first-order valence-corrected chi connectivity index (χ1v) is 15.0. The fraction of sp³-hybridized carbons (Fsp3) is 0.833. The molecular weight excluding hydrogens is 343 g/mol. The number of rotatable bonds is 10. The van der Waals surface area contributed by atoms with E-state index in [1.165, 1.54) is 0 Å². The Balaban J connectivity index is 3.75. The Bertz CT molecular complexity index is 365. The van der Waals surface area contributed by atoms with Gasteiger partial charge in [-0.25, -0.2) is 0 Å². The van der Waals surface area contributed by atoms with E-state index in [2.05, 4.69) is 0 Å². The van der Waals surface area contributed by atoms with Gasteiger partial charge in [0.25, 0.3) is 11.9 Å². The van der Waals surface area contributed by atoms with Crippen LogP contribution in [0.2, 0.25) is 39.3 Å². The molecule has 0 bridgehead atoms. The maximum Gasteiger partial charge on any atom is 0.697 e. The van der Waals surface area contributed by atoms with Gasteiger partial charge in [0, 0.05) is 4.57 Å². The summed E-state index contributed by atoms with van der Waals surface area (Å²) in [5, 5.41) is 0. The number of hydrogen-bond acceptors (Lipinski definition) is 7. The molecule has 0 saturated carbocycles. The molecule has 0 atom stereocenters. The highest BCUT2D eigenvalue weighted by molar-refractivity contribution is 7.33. The van der Waals surface area contributed by atoms with Crippen LogP contribution in [0.4, 0.5) is 0 Å². The maximum absolute atomic E-state index is 11.4. The summed E-state index contributed by atoms with van der Waals surface area (Å²) >= 11 is 0. The summed E-state index contributed by atoms with van der Waals surface area (Å²) in [6.45, 7) is 11.3. The third-order valence-corrected chi connectivity index (χ3v) is 4.31. The molecule has 0 aliphatic heterocycles. The molecule has 0 aliphatic rings. The second kappa shape index (κ2) is 9.51. The van der Waals surface area contributed by atoms with Crippen molar-refractivity contribution in [3.8, 4) is 0 Å². The van der Waals surface area contributed by atoms with Crippen LogP contribution in [0.5, 0.6) is 0 Å². The summed E-state index contributed by atoms with van der Waals surface area (Å²) in [4.78, 5) is 22.8. The number of carbonyl (C=O) groups excluding carboxylic acids is 2. The van der Waals surface area contributed by atoms with Gasteiger partial charge < -0.3 is 8.85 Å². The molecule has 22 heavy (non-hydrogen) atoms. The lowest BCUT2D eigenvalue weighted by molar-refractivity contribution is -0.136. The van der Waals surface area contributed by atoms with E-state index in [1.54, 1.807) is 0 Å². The molecule has 0 fully saturated rings. The monoisotopic (exact) mass is 369 g/mol. The summed E-state index contributed by atoms with van der Waals surface area (Å²) in [7, 11) is -6.17. The van der Waals surface area contributed by atoms with E-state index < -0.39 is 24.9 Å². The predicted octanol–water partition coefficient (Wildman–Crippen LogP) is 3.21. The van der Waals surface area contributed by atoms with Crippen molar-refractivity contribution in [3.05, 3.63) is 0 Å². The van der Waals surface area contributed by atoms with Gasteiger partial charge in [0.15, 0.2) is 0 Å². The Morgan fingerprint density at radius 1 is 0.773 bits per heavy atom. The van der Waals surface area contributed by atoms with Crippen molar-refractivity contribution in [1.29, 1.82) is 0 Å². The first kappa shape index (κ1) is 21.4. The minimum absolute atomic E-state index is 0.0202. The van der Waals surface area contributed by atoms with E-state index >= 15 is 0 Å². The molecule has 128 valence electrons. The number of carbonyl (C=O) groups is 2. The Morgan fingerprint density at radius 3 is 1.36 bits per heavy atom. The molecule has 0 aromatic carbocycles. The van der Waals surface area contributed by atoms with Crippen LogP contribution in [0, 0.1) is 0 Å². The lowest BCUT2D eigenvalue weighted by Crippen LogP contribution is -2.29.